The van der Waals surface area contributed by atoms with Crippen LogP contribution in [0.15, 0.2) is 64.9 Å². The van der Waals surface area contributed by atoms with Crippen LogP contribution in [0.2, 0.25) is 0 Å². The lowest BCUT2D eigenvalue weighted by molar-refractivity contribution is -0.114. The zero-order valence-electron chi connectivity index (χ0n) is 17.7. The predicted octanol–water partition coefficient (Wildman–Crippen LogP) is 3.69. The summed E-state index contributed by atoms with van der Waals surface area (Å²) in [6.45, 7) is 1.38. The number of esters is 1. The van der Waals surface area contributed by atoms with Gasteiger partial charge in [-0.2, -0.15) is 0 Å². The number of nitrogens with one attached hydrogen (secondary N) is 1. The first kappa shape index (κ1) is 23.3. The van der Waals surface area contributed by atoms with E-state index in [1.165, 1.54) is 25.7 Å². The number of methoxy groups -OCH3 is 2. The summed E-state index contributed by atoms with van der Waals surface area (Å²) in [4.78, 5) is 24.6. The summed E-state index contributed by atoms with van der Waals surface area (Å²) in [7, 11) is -1.53. The maximum absolute atomic E-state index is 13.5. The van der Waals surface area contributed by atoms with Crippen LogP contribution in [0.1, 0.15) is 15.2 Å². The van der Waals surface area contributed by atoms with Crippen molar-refractivity contribution >= 4 is 44.6 Å². The Balaban J connectivity index is 1.95. The Bertz CT molecular complexity index is 1200. The van der Waals surface area contributed by atoms with Gasteiger partial charge in [-0.3, -0.25) is 9.10 Å². The molecular formula is C22H22N2O6S2. The molecule has 0 radical (unpaired) electrons. The Kier molecular flexibility index (Phi) is 7.16. The lowest BCUT2D eigenvalue weighted by Gasteiger charge is -2.24. The normalized spacial score (nSPS) is 11.0. The molecule has 3 rings (SSSR count). The molecule has 0 atom stereocenters. The fraction of sp³-hybridized carbons (Fsp3) is 0.182. The first-order valence-electron chi connectivity index (χ1n) is 9.45. The highest BCUT2D eigenvalue weighted by molar-refractivity contribution is 7.93. The van der Waals surface area contributed by atoms with Crippen LogP contribution in [0.3, 0.4) is 0 Å². The van der Waals surface area contributed by atoms with E-state index in [1.807, 2.05) is 6.92 Å². The van der Waals surface area contributed by atoms with Gasteiger partial charge >= 0.3 is 5.97 Å². The number of amides is 1. The van der Waals surface area contributed by atoms with Gasteiger partial charge in [0.15, 0.2) is 0 Å². The third-order valence-electron chi connectivity index (χ3n) is 4.55. The maximum atomic E-state index is 13.5. The number of rotatable bonds is 8. The third kappa shape index (κ3) is 5.09. The van der Waals surface area contributed by atoms with Gasteiger partial charge in [0, 0.05) is 5.69 Å². The van der Waals surface area contributed by atoms with E-state index in [4.69, 9.17) is 9.47 Å². The van der Waals surface area contributed by atoms with Crippen LogP contribution < -0.4 is 14.4 Å². The summed E-state index contributed by atoms with van der Waals surface area (Å²) in [5, 5.41) is 4.17. The standard InChI is InChI=1S/C22H22N2O6S2/c1-15-4-8-17(9-5-15)24(14-20(25)23-16-6-10-18(29-2)11-7-16)32(27,28)19-12-13-31-21(19)22(26)30-3/h4-13H,14H2,1-3H3,(H,23,25). The van der Waals surface area contributed by atoms with Crippen molar-refractivity contribution in [2.45, 2.75) is 11.8 Å². The number of hydrogen-bond acceptors (Lipinski definition) is 7. The Hall–Kier alpha value is -3.37. The van der Waals surface area contributed by atoms with Crippen molar-refractivity contribution < 1.29 is 27.5 Å². The molecule has 3 aromatic rings. The first-order chi connectivity index (χ1) is 15.3. The van der Waals surface area contributed by atoms with E-state index in [9.17, 15) is 18.0 Å². The molecule has 0 spiro atoms. The Morgan fingerprint density at radius 1 is 1.00 bits per heavy atom. The van der Waals surface area contributed by atoms with Gasteiger partial charge in [-0.1, -0.05) is 17.7 Å². The number of nitrogens with zero attached hydrogens (tertiary/aromatic N) is 1. The highest BCUT2D eigenvalue weighted by Gasteiger charge is 2.32. The zero-order valence-corrected chi connectivity index (χ0v) is 19.3. The molecule has 0 aliphatic rings. The maximum Gasteiger partial charge on any atom is 0.349 e. The minimum Gasteiger partial charge on any atom is -0.497 e. The smallest absolute Gasteiger partial charge is 0.349 e. The minimum atomic E-state index is -4.25. The molecule has 0 bridgehead atoms. The third-order valence-corrected chi connectivity index (χ3v) is 7.39. The van der Waals surface area contributed by atoms with Gasteiger partial charge in [0.25, 0.3) is 10.0 Å². The second kappa shape index (κ2) is 9.84. The number of thiophene rings is 1. The predicted molar refractivity (Wildman–Crippen MR) is 123 cm³/mol. The van der Waals surface area contributed by atoms with Crippen molar-refractivity contribution in [1.29, 1.82) is 0 Å². The van der Waals surface area contributed by atoms with E-state index in [1.54, 1.807) is 48.5 Å². The van der Waals surface area contributed by atoms with Crippen molar-refractivity contribution in [3.8, 4) is 5.75 Å². The quantitative estimate of drug-likeness (QED) is 0.500. The molecule has 0 unspecified atom stereocenters. The average Bonchev–Trinajstić information content (AvgIpc) is 3.29. The van der Waals surface area contributed by atoms with Gasteiger partial charge in [0.1, 0.15) is 22.1 Å². The molecule has 1 N–H and O–H groups in total. The molecule has 1 heterocycles. The molecule has 0 aliphatic carbocycles. The lowest BCUT2D eigenvalue weighted by Crippen LogP contribution is -2.38. The number of aryl methyl sites for hydroxylation is 1. The van der Waals surface area contributed by atoms with Crippen LogP contribution in [0, 0.1) is 6.92 Å². The Morgan fingerprint density at radius 2 is 1.66 bits per heavy atom. The molecule has 0 saturated carbocycles. The van der Waals surface area contributed by atoms with E-state index < -0.39 is 28.4 Å². The monoisotopic (exact) mass is 474 g/mol. The minimum absolute atomic E-state index is 0.0554. The van der Waals surface area contributed by atoms with E-state index in [-0.39, 0.29) is 9.77 Å². The summed E-state index contributed by atoms with van der Waals surface area (Å²) in [6.07, 6.45) is 0. The second-order valence-corrected chi connectivity index (χ2v) is 9.48. The number of anilines is 2. The van der Waals surface area contributed by atoms with Crippen molar-refractivity contribution in [1.82, 2.24) is 0 Å². The summed E-state index contributed by atoms with van der Waals surface area (Å²) in [5.41, 5.74) is 1.71. The van der Waals surface area contributed by atoms with Crippen molar-refractivity contribution in [3.05, 3.63) is 70.4 Å². The SMILES string of the molecule is COC(=O)c1sccc1S(=O)(=O)N(CC(=O)Nc1ccc(OC)cc1)c1ccc(C)cc1. The summed E-state index contributed by atoms with van der Waals surface area (Å²) < 4.78 is 37.8. The Labute approximate surface area is 190 Å². The zero-order chi connectivity index (χ0) is 23.3. The molecule has 168 valence electrons. The van der Waals surface area contributed by atoms with Crippen LogP contribution >= 0.6 is 11.3 Å². The molecule has 0 saturated heterocycles. The highest BCUT2D eigenvalue weighted by atomic mass is 32.2. The molecule has 1 amide bonds. The molecule has 32 heavy (non-hydrogen) atoms. The number of carbonyl (C=O) groups is 2. The topological polar surface area (TPSA) is 102 Å². The number of hydrogen-bond donors (Lipinski definition) is 1. The molecule has 0 aliphatic heterocycles. The van der Waals surface area contributed by atoms with Crippen molar-refractivity contribution in [2.24, 2.45) is 0 Å². The second-order valence-electron chi connectivity index (χ2n) is 6.73. The summed E-state index contributed by atoms with van der Waals surface area (Å²) >= 11 is 0.956. The van der Waals surface area contributed by atoms with E-state index >= 15 is 0 Å². The van der Waals surface area contributed by atoms with E-state index in [0.29, 0.717) is 17.1 Å². The van der Waals surface area contributed by atoms with Gasteiger partial charge in [-0.25, -0.2) is 13.2 Å². The fourth-order valence-electron chi connectivity index (χ4n) is 2.89. The van der Waals surface area contributed by atoms with Gasteiger partial charge in [-0.15, -0.1) is 11.3 Å². The molecular weight excluding hydrogens is 452 g/mol. The molecule has 8 nitrogen and oxygen atoms in total. The highest BCUT2D eigenvalue weighted by Crippen LogP contribution is 2.29. The Morgan fingerprint density at radius 3 is 2.25 bits per heavy atom. The van der Waals surface area contributed by atoms with Crippen LogP contribution in [0.5, 0.6) is 5.75 Å². The van der Waals surface area contributed by atoms with Crippen molar-refractivity contribution in [3.63, 3.8) is 0 Å². The van der Waals surface area contributed by atoms with Crippen LogP contribution in [-0.2, 0) is 19.6 Å². The lowest BCUT2D eigenvalue weighted by atomic mass is 10.2. The first-order valence-corrected chi connectivity index (χ1v) is 11.8. The number of ether oxygens (including phenoxy) is 2. The summed E-state index contributed by atoms with van der Waals surface area (Å²) in [5.74, 6) is -0.682. The molecule has 0 fully saturated rings. The fourth-order valence-corrected chi connectivity index (χ4v) is 5.62. The van der Waals surface area contributed by atoms with Crippen LogP contribution in [0.4, 0.5) is 11.4 Å². The van der Waals surface area contributed by atoms with Gasteiger partial charge in [0.05, 0.1) is 19.9 Å². The summed E-state index contributed by atoms with van der Waals surface area (Å²) in [6, 6.07) is 14.7. The largest absolute Gasteiger partial charge is 0.497 e. The van der Waals surface area contributed by atoms with Crippen LogP contribution in [-0.4, -0.2) is 41.1 Å². The number of carbonyl (C=O) groups excluding carboxylic acids is 2. The number of benzene rings is 2. The van der Waals surface area contributed by atoms with Gasteiger partial charge in [-0.05, 0) is 54.8 Å². The number of sulfonamides is 1. The molecule has 1 aromatic heterocycles. The van der Waals surface area contributed by atoms with Gasteiger partial charge in [0.2, 0.25) is 5.91 Å². The van der Waals surface area contributed by atoms with Gasteiger partial charge < -0.3 is 14.8 Å². The molecule has 2 aromatic carbocycles. The van der Waals surface area contributed by atoms with E-state index in [0.717, 1.165) is 21.2 Å². The molecule has 10 heteroatoms. The van der Waals surface area contributed by atoms with Crippen LogP contribution in [0.25, 0.3) is 0 Å². The van der Waals surface area contributed by atoms with E-state index in [2.05, 4.69) is 5.32 Å². The average molecular weight is 475 g/mol. The van der Waals surface area contributed by atoms with Crippen molar-refractivity contribution in [2.75, 3.05) is 30.4 Å².